The number of amides is 2. The largest absolute Gasteiger partial charge is 0.353 e. The number of likely N-dealkylation sites (N-methyl/N-ethyl adjacent to an activating group) is 1. The van der Waals surface area contributed by atoms with Gasteiger partial charge in [-0.25, -0.2) is 13.5 Å². The van der Waals surface area contributed by atoms with E-state index in [2.05, 4.69) is 5.32 Å². The van der Waals surface area contributed by atoms with Gasteiger partial charge in [-0.2, -0.15) is 5.10 Å². The molecule has 1 aromatic heterocycles. The molecule has 0 spiro atoms. The first kappa shape index (κ1) is 28.8. The number of anilines is 1. The minimum absolute atomic E-state index is 0.0125. The minimum Gasteiger partial charge on any atom is -0.353 e. The van der Waals surface area contributed by atoms with Crippen LogP contribution >= 0.6 is 11.8 Å². The van der Waals surface area contributed by atoms with E-state index in [1.165, 1.54) is 28.8 Å². The number of halogens is 2. The molecule has 7 nitrogen and oxygen atoms in total. The smallest absolute Gasteiger partial charge is 0.240 e. The van der Waals surface area contributed by atoms with Gasteiger partial charge in [-0.05, 0) is 39.2 Å². The minimum atomic E-state index is -0.691. The van der Waals surface area contributed by atoms with Crippen LogP contribution in [0, 0.1) is 18.6 Å². The predicted octanol–water partition coefficient (Wildman–Crippen LogP) is 4.60. The van der Waals surface area contributed by atoms with Crippen LogP contribution in [0.25, 0.3) is 5.69 Å². The quantitative estimate of drug-likeness (QED) is 0.462. The van der Waals surface area contributed by atoms with Crippen molar-refractivity contribution >= 4 is 29.4 Å². The summed E-state index contributed by atoms with van der Waals surface area (Å²) < 4.78 is 30.8. The summed E-state index contributed by atoms with van der Waals surface area (Å²) in [7, 11) is 3.83. The van der Waals surface area contributed by atoms with E-state index in [4.69, 9.17) is 5.10 Å². The van der Waals surface area contributed by atoms with Gasteiger partial charge in [0.15, 0.2) is 0 Å². The second-order valence-electron chi connectivity index (χ2n) is 11.1. The van der Waals surface area contributed by atoms with E-state index in [1.54, 1.807) is 4.68 Å². The average molecular weight is 556 g/mol. The zero-order chi connectivity index (χ0) is 28.5. The molecule has 0 bridgehead atoms. The van der Waals surface area contributed by atoms with Crippen molar-refractivity contribution in [3.8, 4) is 5.69 Å². The number of hydrogen-bond acceptors (Lipinski definition) is 5. The summed E-state index contributed by atoms with van der Waals surface area (Å²) in [5.41, 5.74) is 2.87. The first-order valence-corrected chi connectivity index (χ1v) is 13.9. The molecule has 0 fully saturated rings. The maximum absolute atomic E-state index is 15.2. The number of carbonyl (C=O) groups is 2. The lowest BCUT2D eigenvalue weighted by atomic mass is 9.87. The van der Waals surface area contributed by atoms with Gasteiger partial charge in [-0.3, -0.25) is 14.5 Å². The van der Waals surface area contributed by atoms with Gasteiger partial charge in [0, 0.05) is 35.7 Å². The summed E-state index contributed by atoms with van der Waals surface area (Å²) in [6, 6.07) is 11.2. The molecule has 2 heterocycles. The normalized spacial score (nSPS) is 15.9. The van der Waals surface area contributed by atoms with Crippen molar-refractivity contribution in [3.05, 3.63) is 76.5 Å². The molecule has 0 saturated carbocycles. The topological polar surface area (TPSA) is 70.5 Å². The van der Waals surface area contributed by atoms with E-state index in [0.29, 0.717) is 35.9 Å². The molecule has 1 aliphatic heterocycles. The fourth-order valence-electron chi connectivity index (χ4n) is 4.52. The van der Waals surface area contributed by atoms with E-state index in [1.807, 2.05) is 71.0 Å². The Hall–Kier alpha value is -3.24. The van der Waals surface area contributed by atoms with Gasteiger partial charge in [-0.15, -0.1) is 11.8 Å². The number of carbonyl (C=O) groups excluding carboxylic acids is 2. The van der Waals surface area contributed by atoms with E-state index >= 15 is 4.39 Å². The van der Waals surface area contributed by atoms with Crippen LogP contribution in [0.4, 0.5) is 14.6 Å². The zero-order valence-corrected chi connectivity index (χ0v) is 24.0. The number of benzene rings is 2. The molecule has 0 saturated heterocycles. The third-order valence-electron chi connectivity index (χ3n) is 6.51. The van der Waals surface area contributed by atoms with Gasteiger partial charge < -0.3 is 10.2 Å². The number of aryl methyl sites for hydroxylation is 1. The van der Waals surface area contributed by atoms with Crippen molar-refractivity contribution in [1.29, 1.82) is 0 Å². The SMILES string of the molecule is Cc1ccc(-n2nc(C(C)(C)C)c3c2N(CC(=O)NCCN(C)C)C(=O)CS[C@H]3c2ccc(F)cc2F)cc1. The van der Waals surface area contributed by atoms with E-state index in [9.17, 15) is 14.0 Å². The van der Waals surface area contributed by atoms with Gasteiger partial charge in [0.05, 0.1) is 22.4 Å². The van der Waals surface area contributed by atoms with Crippen LogP contribution in [0.5, 0.6) is 0 Å². The molecule has 10 heteroatoms. The van der Waals surface area contributed by atoms with E-state index < -0.39 is 22.3 Å². The predicted molar refractivity (Wildman–Crippen MR) is 152 cm³/mol. The first-order valence-electron chi connectivity index (χ1n) is 12.9. The second-order valence-corrected chi connectivity index (χ2v) is 12.2. The van der Waals surface area contributed by atoms with Crippen molar-refractivity contribution in [3.63, 3.8) is 0 Å². The van der Waals surface area contributed by atoms with Crippen LogP contribution in [0.1, 0.15) is 48.4 Å². The fourth-order valence-corrected chi connectivity index (χ4v) is 5.74. The number of nitrogens with zero attached hydrogens (tertiary/aromatic N) is 4. The molecule has 1 N–H and O–H groups in total. The molecule has 0 aliphatic carbocycles. The van der Waals surface area contributed by atoms with Crippen molar-refractivity contribution in [2.24, 2.45) is 0 Å². The highest BCUT2D eigenvalue weighted by atomic mass is 32.2. The fraction of sp³-hybridized carbons (Fsp3) is 0.414. The number of rotatable bonds is 7. The lowest BCUT2D eigenvalue weighted by Gasteiger charge is -2.25. The van der Waals surface area contributed by atoms with Crippen LogP contribution < -0.4 is 10.2 Å². The summed E-state index contributed by atoms with van der Waals surface area (Å²) in [6.45, 7) is 8.87. The van der Waals surface area contributed by atoms with Crippen LogP contribution in [0.2, 0.25) is 0 Å². The van der Waals surface area contributed by atoms with E-state index in [-0.39, 0.29) is 29.7 Å². The maximum atomic E-state index is 15.2. The van der Waals surface area contributed by atoms with E-state index in [0.717, 1.165) is 11.6 Å². The Morgan fingerprint density at radius 1 is 1.15 bits per heavy atom. The number of thioether (sulfide) groups is 1. The Morgan fingerprint density at radius 3 is 2.46 bits per heavy atom. The van der Waals surface area contributed by atoms with Gasteiger partial charge in [0.25, 0.3) is 0 Å². The molecule has 2 amide bonds. The van der Waals surface area contributed by atoms with Gasteiger partial charge in [0.1, 0.15) is 24.0 Å². The molecular formula is C29H35F2N5O2S. The van der Waals surface area contributed by atoms with Crippen molar-refractivity contribution in [1.82, 2.24) is 20.0 Å². The lowest BCUT2D eigenvalue weighted by molar-refractivity contribution is -0.122. The van der Waals surface area contributed by atoms with Crippen LogP contribution in [-0.4, -0.2) is 66.0 Å². The third-order valence-corrected chi connectivity index (χ3v) is 7.74. The number of aromatic nitrogens is 2. The molecule has 3 aromatic rings. The van der Waals surface area contributed by atoms with Crippen LogP contribution in [0.15, 0.2) is 42.5 Å². The Kier molecular flexibility index (Phi) is 8.46. The molecule has 39 heavy (non-hydrogen) atoms. The third kappa shape index (κ3) is 6.33. The summed E-state index contributed by atoms with van der Waals surface area (Å²) in [4.78, 5) is 30.1. The Labute approximate surface area is 232 Å². The van der Waals surface area contributed by atoms with Crippen molar-refractivity contribution < 1.29 is 18.4 Å². The highest BCUT2D eigenvalue weighted by Gasteiger charge is 2.40. The van der Waals surface area contributed by atoms with Crippen LogP contribution in [-0.2, 0) is 15.0 Å². The van der Waals surface area contributed by atoms with Crippen molar-refractivity contribution in [2.75, 3.05) is 44.4 Å². The van der Waals surface area contributed by atoms with Gasteiger partial charge in [0.2, 0.25) is 11.8 Å². The molecule has 2 aromatic carbocycles. The van der Waals surface area contributed by atoms with Gasteiger partial charge in [-0.1, -0.05) is 44.5 Å². The Morgan fingerprint density at radius 2 is 1.85 bits per heavy atom. The van der Waals surface area contributed by atoms with Gasteiger partial charge >= 0.3 is 0 Å². The second kappa shape index (κ2) is 11.5. The van der Waals surface area contributed by atoms with Crippen LogP contribution in [0.3, 0.4) is 0 Å². The molecule has 0 unspecified atom stereocenters. The zero-order valence-electron chi connectivity index (χ0n) is 23.2. The molecule has 4 rings (SSSR count). The average Bonchev–Trinajstić information content (AvgIpc) is 3.18. The summed E-state index contributed by atoms with van der Waals surface area (Å²) in [6.07, 6.45) is 0. The maximum Gasteiger partial charge on any atom is 0.240 e. The molecular weight excluding hydrogens is 520 g/mol. The highest BCUT2D eigenvalue weighted by molar-refractivity contribution is 8.00. The monoisotopic (exact) mass is 555 g/mol. The Bertz CT molecular complexity index is 1370. The number of fused-ring (bicyclic) bond motifs is 1. The number of nitrogens with one attached hydrogen (secondary N) is 1. The standard InChI is InChI=1S/C29H35F2N5O2S/c1-18-7-10-20(11-8-18)36-28-25(27(33-36)29(2,3)4)26(21-12-9-19(30)15-22(21)31)39-17-24(38)35(28)16-23(37)32-13-14-34(5)6/h7-12,15,26H,13-14,16-17H2,1-6H3,(H,32,37)/t26-/m0/s1. The molecule has 0 radical (unpaired) electrons. The lowest BCUT2D eigenvalue weighted by Crippen LogP contribution is -2.43. The summed E-state index contributed by atoms with van der Waals surface area (Å²) in [5, 5.41) is 7.22. The number of hydrogen-bond donors (Lipinski definition) is 1. The summed E-state index contributed by atoms with van der Waals surface area (Å²) >= 11 is 1.26. The van der Waals surface area contributed by atoms with Crippen molar-refractivity contribution in [2.45, 2.75) is 38.4 Å². The Balaban J connectivity index is 1.94. The molecule has 208 valence electrons. The molecule has 1 atom stereocenters. The molecule has 1 aliphatic rings. The summed E-state index contributed by atoms with van der Waals surface area (Å²) in [5.74, 6) is -1.52. The highest BCUT2D eigenvalue weighted by Crippen LogP contribution is 2.49. The first-order chi connectivity index (χ1) is 18.4.